The van der Waals surface area contributed by atoms with Gasteiger partial charge in [-0.25, -0.2) is 0 Å². The number of hydrogen-bond donors (Lipinski definition) is 1. The van der Waals surface area contributed by atoms with Gasteiger partial charge >= 0.3 is 6.36 Å². The van der Waals surface area contributed by atoms with Gasteiger partial charge in [0, 0.05) is 49.8 Å². The molecule has 1 aliphatic heterocycles. The third-order valence-corrected chi connectivity index (χ3v) is 4.54. The van der Waals surface area contributed by atoms with E-state index in [1.807, 2.05) is 4.90 Å². The summed E-state index contributed by atoms with van der Waals surface area (Å²) in [7, 11) is 0. The predicted molar refractivity (Wildman–Crippen MR) is 103 cm³/mol. The normalized spacial score (nSPS) is 15.4. The number of carbonyl (C=O) groups excluding carboxylic acids is 2. The molecule has 2 amide bonds. The van der Waals surface area contributed by atoms with Crippen molar-refractivity contribution in [2.75, 3.05) is 38.0 Å². The quantitative estimate of drug-likeness (QED) is 0.802. The van der Waals surface area contributed by atoms with Gasteiger partial charge in [0.05, 0.1) is 6.54 Å². The van der Waals surface area contributed by atoms with Gasteiger partial charge in [0.15, 0.2) is 0 Å². The minimum Gasteiger partial charge on any atom is -0.406 e. The van der Waals surface area contributed by atoms with Crippen LogP contribution in [0.5, 0.6) is 5.75 Å². The highest BCUT2D eigenvalue weighted by molar-refractivity contribution is 5.94. The molecule has 2 heterocycles. The zero-order chi connectivity index (χ0) is 21.6. The number of nitrogens with one attached hydrogen (secondary N) is 1. The summed E-state index contributed by atoms with van der Waals surface area (Å²) in [6, 6.07) is 8.30. The first-order valence-electron chi connectivity index (χ1n) is 9.37. The van der Waals surface area contributed by atoms with Crippen molar-refractivity contribution >= 4 is 17.5 Å². The van der Waals surface area contributed by atoms with Crippen molar-refractivity contribution < 1.29 is 27.5 Å². The number of alkyl halides is 3. The Morgan fingerprint density at radius 2 is 1.70 bits per heavy atom. The molecule has 1 fully saturated rings. The highest BCUT2D eigenvalue weighted by atomic mass is 19.4. The molecule has 1 N–H and O–H groups in total. The number of aromatic nitrogens is 1. The maximum absolute atomic E-state index is 12.6. The monoisotopic (exact) mass is 422 g/mol. The molecule has 1 saturated heterocycles. The maximum atomic E-state index is 12.6. The van der Waals surface area contributed by atoms with Crippen LogP contribution in [0, 0.1) is 0 Å². The third kappa shape index (κ3) is 6.45. The van der Waals surface area contributed by atoms with E-state index in [2.05, 4.69) is 15.0 Å². The molecule has 3 rings (SSSR count). The minimum absolute atomic E-state index is 0.0649. The summed E-state index contributed by atoms with van der Waals surface area (Å²) in [5.41, 5.74) is 0.952. The van der Waals surface area contributed by atoms with Crippen LogP contribution in [0.1, 0.15) is 16.8 Å². The van der Waals surface area contributed by atoms with E-state index in [9.17, 15) is 22.8 Å². The number of nitrogens with zero attached hydrogens (tertiary/aromatic N) is 3. The standard InChI is InChI=1S/C20H21F3N4O3/c21-20(22,23)30-17-4-2-16(3-5-17)25-18(28)14-26-10-1-11-27(13-12-26)19(29)15-6-8-24-9-7-15/h2-9H,1,10-14H2,(H,25,28). The van der Waals surface area contributed by atoms with Gasteiger partial charge in [0.25, 0.3) is 5.91 Å². The zero-order valence-corrected chi connectivity index (χ0v) is 16.1. The second-order valence-corrected chi connectivity index (χ2v) is 6.78. The van der Waals surface area contributed by atoms with Crippen molar-refractivity contribution in [2.45, 2.75) is 12.8 Å². The van der Waals surface area contributed by atoms with Gasteiger partial charge in [0.1, 0.15) is 5.75 Å². The third-order valence-electron chi connectivity index (χ3n) is 4.54. The fourth-order valence-electron chi connectivity index (χ4n) is 3.15. The summed E-state index contributed by atoms with van der Waals surface area (Å²) in [6.45, 7) is 2.42. The van der Waals surface area contributed by atoms with E-state index >= 15 is 0 Å². The van der Waals surface area contributed by atoms with E-state index in [0.29, 0.717) is 37.4 Å². The predicted octanol–water partition coefficient (Wildman–Crippen LogP) is 2.77. The van der Waals surface area contributed by atoms with Crippen LogP contribution in [0.2, 0.25) is 0 Å². The van der Waals surface area contributed by atoms with E-state index in [-0.39, 0.29) is 24.1 Å². The van der Waals surface area contributed by atoms with Crippen molar-refractivity contribution in [3.8, 4) is 5.75 Å². The summed E-state index contributed by atoms with van der Waals surface area (Å²) in [4.78, 5) is 32.5. The molecule has 0 aliphatic carbocycles. The summed E-state index contributed by atoms with van der Waals surface area (Å²) < 4.78 is 40.4. The van der Waals surface area contributed by atoms with Crippen LogP contribution in [0.25, 0.3) is 0 Å². The number of anilines is 1. The van der Waals surface area contributed by atoms with Gasteiger partial charge in [-0.3, -0.25) is 19.5 Å². The number of hydrogen-bond acceptors (Lipinski definition) is 5. The van der Waals surface area contributed by atoms with Crippen LogP contribution in [0.15, 0.2) is 48.8 Å². The second kappa shape index (κ2) is 9.57. The summed E-state index contributed by atoms with van der Waals surface area (Å²) in [6.07, 6.45) is -0.884. The Morgan fingerprint density at radius 1 is 1.00 bits per heavy atom. The molecule has 1 aromatic heterocycles. The fourth-order valence-corrected chi connectivity index (χ4v) is 3.15. The van der Waals surface area contributed by atoms with Crippen molar-refractivity contribution in [1.29, 1.82) is 0 Å². The average Bonchev–Trinajstić information content (AvgIpc) is 2.94. The van der Waals surface area contributed by atoms with Crippen LogP contribution in [0.3, 0.4) is 0 Å². The lowest BCUT2D eigenvalue weighted by atomic mass is 10.2. The molecule has 30 heavy (non-hydrogen) atoms. The van der Waals surface area contributed by atoms with E-state index < -0.39 is 6.36 Å². The number of carbonyl (C=O) groups is 2. The molecule has 0 atom stereocenters. The zero-order valence-electron chi connectivity index (χ0n) is 16.1. The highest BCUT2D eigenvalue weighted by Gasteiger charge is 2.31. The van der Waals surface area contributed by atoms with Crippen LogP contribution in [-0.2, 0) is 4.79 Å². The lowest BCUT2D eigenvalue weighted by molar-refractivity contribution is -0.274. The molecule has 0 saturated carbocycles. The van der Waals surface area contributed by atoms with Gasteiger partial charge in [0.2, 0.25) is 5.91 Å². The smallest absolute Gasteiger partial charge is 0.406 e. The molecule has 160 valence electrons. The lowest BCUT2D eigenvalue weighted by Gasteiger charge is -2.21. The highest BCUT2D eigenvalue weighted by Crippen LogP contribution is 2.24. The number of pyridine rings is 1. The summed E-state index contributed by atoms with van der Waals surface area (Å²) in [5.74, 6) is -0.703. The largest absolute Gasteiger partial charge is 0.573 e. The molecule has 7 nitrogen and oxygen atoms in total. The maximum Gasteiger partial charge on any atom is 0.573 e. The second-order valence-electron chi connectivity index (χ2n) is 6.78. The van der Waals surface area contributed by atoms with Gasteiger partial charge in [-0.05, 0) is 42.8 Å². The number of rotatable bonds is 5. The van der Waals surface area contributed by atoms with E-state index in [1.165, 1.54) is 12.1 Å². The number of halogens is 3. The number of ether oxygens (including phenoxy) is 1. The fraction of sp³-hybridized carbons (Fsp3) is 0.350. The molecule has 10 heteroatoms. The Bertz CT molecular complexity index is 860. The molecule has 0 unspecified atom stereocenters. The molecule has 0 bridgehead atoms. The Kier molecular flexibility index (Phi) is 6.88. The van der Waals surface area contributed by atoms with Crippen molar-refractivity contribution in [1.82, 2.24) is 14.8 Å². The van der Waals surface area contributed by atoms with Crippen molar-refractivity contribution in [3.05, 3.63) is 54.4 Å². The van der Waals surface area contributed by atoms with Crippen LogP contribution in [0.4, 0.5) is 18.9 Å². The first-order chi connectivity index (χ1) is 14.3. The Labute approximate surface area is 171 Å². The topological polar surface area (TPSA) is 74.8 Å². The van der Waals surface area contributed by atoms with E-state index in [0.717, 1.165) is 18.6 Å². The van der Waals surface area contributed by atoms with Gasteiger partial charge < -0.3 is 15.0 Å². The van der Waals surface area contributed by atoms with E-state index in [1.54, 1.807) is 29.4 Å². The number of benzene rings is 1. The van der Waals surface area contributed by atoms with Crippen LogP contribution in [-0.4, -0.2) is 65.7 Å². The first kappa shape index (κ1) is 21.6. The summed E-state index contributed by atoms with van der Waals surface area (Å²) in [5, 5.41) is 2.65. The van der Waals surface area contributed by atoms with Gasteiger partial charge in [-0.1, -0.05) is 0 Å². The SMILES string of the molecule is O=C(CN1CCCN(C(=O)c2ccncc2)CC1)Nc1ccc(OC(F)(F)F)cc1. The van der Waals surface area contributed by atoms with Crippen LogP contribution >= 0.6 is 0 Å². The summed E-state index contributed by atoms with van der Waals surface area (Å²) >= 11 is 0. The van der Waals surface area contributed by atoms with E-state index in [4.69, 9.17) is 0 Å². The Morgan fingerprint density at radius 3 is 2.37 bits per heavy atom. The van der Waals surface area contributed by atoms with Crippen molar-refractivity contribution in [3.63, 3.8) is 0 Å². The molecular weight excluding hydrogens is 401 g/mol. The molecule has 0 radical (unpaired) electrons. The molecule has 1 aliphatic rings. The molecular formula is C20H21F3N4O3. The molecule has 2 aromatic rings. The lowest BCUT2D eigenvalue weighted by Crippen LogP contribution is -2.38. The Hall–Kier alpha value is -3.14. The molecule has 0 spiro atoms. The van der Waals surface area contributed by atoms with Gasteiger partial charge in [-0.15, -0.1) is 13.2 Å². The van der Waals surface area contributed by atoms with Crippen molar-refractivity contribution in [2.24, 2.45) is 0 Å². The first-order valence-corrected chi connectivity index (χ1v) is 9.37. The van der Waals surface area contributed by atoms with Crippen LogP contribution < -0.4 is 10.1 Å². The average molecular weight is 422 g/mol. The number of amides is 2. The molecule has 1 aromatic carbocycles. The minimum atomic E-state index is -4.76. The Balaban J connectivity index is 1.48. The van der Waals surface area contributed by atoms with Gasteiger partial charge in [-0.2, -0.15) is 0 Å².